The lowest BCUT2D eigenvalue weighted by molar-refractivity contribution is -0.384. The molecule has 1 amide bonds. The number of benzene rings is 1. The first kappa shape index (κ1) is 16.5. The molecule has 0 spiro atoms. The quantitative estimate of drug-likeness (QED) is 0.642. The molecule has 0 unspecified atom stereocenters. The Kier molecular flexibility index (Phi) is 3.83. The zero-order valence-corrected chi connectivity index (χ0v) is 13.9. The summed E-state index contributed by atoms with van der Waals surface area (Å²) in [5.41, 5.74) is 5.90. The van der Waals surface area contributed by atoms with Gasteiger partial charge in [-0.25, -0.2) is 0 Å². The lowest BCUT2D eigenvalue weighted by Gasteiger charge is -2.27. The van der Waals surface area contributed by atoms with Gasteiger partial charge in [-0.1, -0.05) is 18.0 Å². The van der Waals surface area contributed by atoms with Crippen LogP contribution in [0.3, 0.4) is 0 Å². The summed E-state index contributed by atoms with van der Waals surface area (Å²) in [5, 5.41) is 15.0. The van der Waals surface area contributed by atoms with E-state index in [0.29, 0.717) is 17.3 Å². The van der Waals surface area contributed by atoms with Crippen molar-refractivity contribution in [2.45, 2.75) is 37.8 Å². The Bertz CT molecular complexity index is 874. The third-order valence-electron chi connectivity index (χ3n) is 4.80. The smallest absolute Gasteiger partial charge is 0.271 e. The van der Waals surface area contributed by atoms with Gasteiger partial charge in [0.1, 0.15) is 12.3 Å². The number of fused-ring (bicyclic) bond motifs is 1. The number of rotatable bonds is 4. The average Bonchev–Trinajstić information content (AvgIpc) is 3.27. The summed E-state index contributed by atoms with van der Waals surface area (Å²) in [5.74, 6) is 0.705. The SMILES string of the molecule is NC1(c2noc(CN3C(=O)COc4ccc([N+](=O)[O-])cc43)n2)CCCC1. The second kappa shape index (κ2) is 6.06. The average molecular weight is 359 g/mol. The van der Waals surface area contributed by atoms with Crippen LogP contribution >= 0.6 is 0 Å². The number of nitrogens with zero attached hydrogens (tertiary/aromatic N) is 4. The normalized spacial score (nSPS) is 18.5. The first-order valence-electron chi connectivity index (χ1n) is 8.30. The summed E-state index contributed by atoms with van der Waals surface area (Å²) in [7, 11) is 0. The second-order valence-electron chi connectivity index (χ2n) is 6.55. The molecule has 2 heterocycles. The van der Waals surface area contributed by atoms with E-state index in [1.165, 1.54) is 23.1 Å². The van der Waals surface area contributed by atoms with Gasteiger partial charge in [0.2, 0.25) is 5.89 Å². The molecule has 1 saturated carbocycles. The van der Waals surface area contributed by atoms with E-state index in [1.807, 2.05) is 0 Å². The van der Waals surface area contributed by atoms with Crippen molar-refractivity contribution >= 4 is 17.3 Å². The highest BCUT2D eigenvalue weighted by atomic mass is 16.6. The predicted molar refractivity (Wildman–Crippen MR) is 88.4 cm³/mol. The van der Waals surface area contributed by atoms with Crippen LogP contribution in [-0.4, -0.2) is 27.6 Å². The van der Waals surface area contributed by atoms with Crippen LogP contribution in [0.15, 0.2) is 22.7 Å². The molecule has 4 rings (SSSR count). The van der Waals surface area contributed by atoms with E-state index in [2.05, 4.69) is 10.1 Å². The van der Waals surface area contributed by atoms with E-state index in [9.17, 15) is 14.9 Å². The molecule has 2 aliphatic rings. The highest BCUT2D eigenvalue weighted by Gasteiger charge is 2.36. The molecule has 0 saturated heterocycles. The molecule has 1 aliphatic heterocycles. The van der Waals surface area contributed by atoms with Crippen LogP contribution in [0.1, 0.15) is 37.4 Å². The minimum Gasteiger partial charge on any atom is -0.482 e. The maximum atomic E-state index is 12.3. The number of non-ortho nitro benzene ring substituents is 1. The summed E-state index contributed by atoms with van der Waals surface area (Å²) in [6.45, 7) is -0.161. The highest BCUT2D eigenvalue weighted by Crippen LogP contribution is 2.37. The van der Waals surface area contributed by atoms with Gasteiger partial charge in [-0.3, -0.25) is 19.8 Å². The predicted octanol–water partition coefficient (Wildman–Crippen LogP) is 1.63. The van der Waals surface area contributed by atoms with Crippen LogP contribution in [0.25, 0.3) is 0 Å². The minimum absolute atomic E-state index is 0.000555. The van der Waals surface area contributed by atoms with Crippen molar-refractivity contribution in [2.24, 2.45) is 5.73 Å². The summed E-state index contributed by atoms with van der Waals surface area (Å²) >= 11 is 0. The Morgan fingerprint density at radius 1 is 1.35 bits per heavy atom. The van der Waals surface area contributed by atoms with Crippen molar-refractivity contribution < 1.29 is 19.0 Å². The number of hydrogen-bond donors (Lipinski definition) is 1. The van der Waals surface area contributed by atoms with Crippen LogP contribution in [0.2, 0.25) is 0 Å². The number of anilines is 1. The number of nitrogens with two attached hydrogens (primary N) is 1. The van der Waals surface area contributed by atoms with Crippen LogP contribution in [0, 0.1) is 10.1 Å². The van der Waals surface area contributed by atoms with E-state index in [-0.39, 0.29) is 30.6 Å². The molecule has 10 nitrogen and oxygen atoms in total. The Labute approximate surface area is 148 Å². The summed E-state index contributed by atoms with van der Waals surface area (Å²) < 4.78 is 10.6. The number of carbonyl (C=O) groups excluding carboxylic acids is 1. The van der Waals surface area contributed by atoms with Crippen LogP contribution in [0.5, 0.6) is 5.75 Å². The molecule has 2 aromatic rings. The number of nitro benzene ring substituents is 1. The number of carbonyl (C=O) groups is 1. The van der Waals surface area contributed by atoms with Crippen molar-refractivity contribution in [3.8, 4) is 5.75 Å². The van der Waals surface area contributed by atoms with E-state index in [0.717, 1.165) is 25.7 Å². The van der Waals surface area contributed by atoms with Crippen LogP contribution < -0.4 is 15.4 Å². The van der Waals surface area contributed by atoms with Gasteiger partial charge in [0.05, 0.1) is 16.1 Å². The fourth-order valence-corrected chi connectivity index (χ4v) is 3.36. The van der Waals surface area contributed by atoms with Crippen molar-refractivity contribution in [3.05, 3.63) is 40.0 Å². The van der Waals surface area contributed by atoms with Gasteiger partial charge in [0.25, 0.3) is 11.6 Å². The Morgan fingerprint density at radius 3 is 2.85 bits per heavy atom. The molecule has 0 radical (unpaired) electrons. The molecular weight excluding hydrogens is 342 g/mol. The van der Waals surface area contributed by atoms with Gasteiger partial charge in [-0.05, 0) is 18.9 Å². The van der Waals surface area contributed by atoms with E-state index in [4.69, 9.17) is 15.0 Å². The van der Waals surface area contributed by atoms with E-state index in [1.54, 1.807) is 0 Å². The molecule has 0 bridgehead atoms. The topological polar surface area (TPSA) is 138 Å². The van der Waals surface area contributed by atoms with Gasteiger partial charge in [-0.2, -0.15) is 4.98 Å². The van der Waals surface area contributed by atoms with Gasteiger partial charge in [0, 0.05) is 12.1 Å². The van der Waals surface area contributed by atoms with Gasteiger partial charge >= 0.3 is 0 Å². The Hall–Kier alpha value is -3.01. The number of ether oxygens (including phenoxy) is 1. The fourth-order valence-electron chi connectivity index (χ4n) is 3.36. The Morgan fingerprint density at radius 2 is 2.12 bits per heavy atom. The monoisotopic (exact) mass is 359 g/mol. The second-order valence-corrected chi connectivity index (χ2v) is 6.55. The third-order valence-corrected chi connectivity index (χ3v) is 4.80. The summed E-state index contributed by atoms with van der Waals surface area (Å²) in [6.07, 6.45) is 3.60. The van der Waals surface area contributed by atoms with Gasteiger partial charge in [0.15, 0.2) is 12.4 Å². The zero-order chi connectivity index (χ0) is 18.3. The highest BCUT2D eigenvalue weighted by molar-refractivity contribution is 5.98. The number of amides is 1. The van der Waals surface area contributed by atoms with Crippen LogP contribution in [0.4, 0.5) is 11.4 Å². The molecular formula is C16H17N5O5. The van der Waals surface area contributed by atoms with E-state index >= 15 is 0 Å². The zero-order valence-electron chi connectivity index (χ0n) is 13.9. The first-order valence-corrected chi connectivity index (χ1v) is 8.30. The lowest BCUT2D eigenvalue weighted by Crippen LogP contribution is -2.38. The van der Waals surface area contributed by atoms with Gasteiger partial charge in [-0.15, -0.1) is 0 Å². The number of nitro groups is 1. The van der Waals surface area contributed by atoms with Crippen molar-refractivity contribution in [3.63, 3.8) is 0 Å². The summed E-state index contributed by atoms with van der Waals surface area (Å²) in [6, 6.07) is 4.10. The molecule has 1 aromatic heterocycles. The molecule has 136 valence electrons. The molecule has 1 fully saturated rings. The number of aromatic nitrogens is 2. The molecule has 0 atom stereocenters. The summed E-state index contributed by atoms with van der Waals surface area (Å²) in [4.78, 5) is 28.5. The molecule has 1 aromatic carbocycles. The number of hydrogen-bond acceptors (Lipinski definition) is 8. The molecule has 26 heavy (non-hydrogen) atoms. The maximum Gasteiger partial charge on any atom is 0.271 e. The van der Waals surface area contributed by atoms with Crippen LogP contribution in [-0.2, 0) is 16.9 Å². The minimum atomic E-state index is -0.590. The third kappa shape index (κ3) is 2.77. The molecule has 2 N–H and O–H groups in total. The standard InChI is InChI=1S/C16H17N5O5/c17-16(5-1-2-6-16)15-18-13(26-19-15)8-20-11-7-10(21(23)24)3-4-12(11)25-9-14(20)22/h3-4,7H,1-2,5-6,8-9,17H2. The van der Waals surface area contributed by atoms with Crippen molar-refractivity contribution in [1.82, 2.24) is 10.1 Å². The van der Waals surface area contributed by atoms with E-state index < -0.39 is 10.5 Å². The fraction of sp³-hybridized carbons (Fsp3) is 0.438. The van der Waals surface area contributed by atoms with Gasteiger partial charge < -0.3 is 15.0 Å². The maximum absolute atomic E-state index is 12.3. The molecule has 1 aliphatic carbocycles. The van der Waals surface area contributed by atoms with Crippen molar-refractivity contribution in [2.75, 3.05) is 11.5 Å². The Balaban J connectivity index is 1.62. The van der Waals surface area contributed by atoms with Crippen molar-refractivity contribution in [1.29, 1.82) is 0 Å². The lowest BCUT2D eigenvalue weighted by atomic mass is 9.99. The largest absolute Gasteiger partial charge is 0.482 e. The molecule has 10 heteroatoms. The first-order chi connectivity index (χ1) is 12.5.